The molecule has 126 valence electrons. The third-order valence-corrected chi connectivity index (χ3v) is 4.39. The summed E-state index contributed by atoms with van der Waals surface area (Å²) in [6.45, 7) is 7.15. The van der Waals surface area contributed by atoms with Gasteiger partial charge in [-0.1, -0.05) is 6.08 Å². The molecule has 0 unspecified atom stereocenters. The highest BCUT2D eigenvalue weighted by Gasteiger charge is 2.40. The van der Waals surface area contributed by atoms with Crippen molar-refractivity contribution < 1.29 is 18.7 Å². The third-order valence-electron chi connectivity index (χ3n) is 4.39. The van der Waals surface area contributed by atoms with E-state index in [1.807, 2.05) is 26.0 Å². The third kappa shape index (κ3) is 2.82. The minimum atomic E-state index is -0.818. The second-order valence-electron chi connectivity index (χ2n) is 6.49. The summed E-state index contributed by atoms with van der Waals surface area (Å²) < 4.78 is 16.9. The van der Waals surface area contributed by atoms with Crippen molar-refractivity contribution >= 4 is 16.9 Å². The fourth-order valence-electron chi connectivity index (χ4n) is 2.75. The van der Waals surface area contributed by atoms with E-state index in [4.69, 9.17) is 13.9 Å². The molecule has 3 rings (SSSR count). The summed E-state index contributed by atoms with van der Waals surface area (Å²) in [7, 11) is 0. The highest BCUT2D eigenvalue weighted by atomic mass is 16.6. The van der Waals surface area contributed by atoms with Crippen LogP contribution in [0.4, 0.5) is 0 Å². The Morgan fingerprint density at radius 3 is 2.71 bits per heavy atom. The van der Waals surface area contributed by atoms with Crippen LogP contribution in [0.1, 0.15) is 33.3 Å². The molecule has 1 aromatic heterocycles. The van der Waals surface area contributed by atoms with E-state index in [0.717, 1.165) is 10.9 Å². The van der Waals surface area contributed by atoms with E-state index >= 15 is 0 Å². The first-order chi connectivity index (χ1) is 11.3. The van der Waals surface area contributed by atoms with Crippen molar-refractivity contribution in [3.05, 3.63) is 51.9 Å². The average Bonchev–Trinajstić information content (AvgIpc) is 2.99. The van der Waals surface area contributed by atoms with Gasteiger partial charge in [-0.05, 0) is 45.9 Å². The minimum Gasteiger partial charge on any atom is -0.485 e. The van der Waals surface area contributed by atoms with Crippen molar-refractivity contribution in [1.29, 1.82) is 0 Å². The van der Waals surface area contributed by atoms with Crippen molar-refractivity contribution in [3.63, 3.8) is 0 Å². The van der Waals surface area contributed by atoms with Gasteiger partial charge in [-0.15, -0.1) is 0 Å². The number of benzene rings is 1. The van der Waals surface area contributed by atoms with Crippen LogP contribution in [0.5, 0.6) is 5.75 Å². The van der Waals surface area contributed by atoms with Gasteiger partial charge in [0.05, 0.1) is 0 Å². The van der Waals surface area contributed by atoms with Gasteiger partial charge in [-0.2, -0.15) is 0 Å². The monoisotopic (exact) mass is 328 g/mol. The van der Waals surface area contributed by atoms with Crippen LogP contribution in [0, 0.1) is 0 Å². The van der Waals surface area contributed by atoms with Gasteiger partial charge in [0, 0.05) is 29.0 Å². The molecular formula is C19H20O5. The lowest BCUT2D eigenvalue weighted by molar-refractivity contribution is -0.159. The molecule has 0 N–H and O–H groups in total. The smallest absolute Gasteiger partial charge is 0.336 e. The Balaban J connectivity index is 1.90. The lowest BCUT2D eigenvalue weighted by Gasteiger charge is -2.30. The van der Waals surface area contributed by atoms with Gasteiger partial charge in [0.1, 0.15) is 23.0 Å². The minimum absolute atomic E-state index is 0.350. The predicted octanol–water partition coefficient (Wildman–Crippen LogP) is 3.38. The van der Waals surface area contributed by atoms with Crippen molar-refractivity contribution in [3.8, 4) is 5.75 Å². The molecule has 5 heteroatoms. The van der Waals surface area contributed by atoms with Crippen LogP contribution in [0.2, 0.25) is 0 Å². The Morgan fingerprint density at radius 1 is 1.29 bits per heavy atom. The SMILES string of the molecule is C/C=C(/C)C(=O)OC(C)(C)[C@H]1Cc2c(ccc3ccc(=O)oc23)O1. The Hall–Kier alpha value is -2.56. The van der Waals surface area contributed by atoms with Crippen LogP contribution in [0.3, 0.4) is 0 Å². The van der Waals surface area contributed by atoms with Crippen LogP contribution in [-0.4, -0.2) is 17.7 Å². The molecular weight excluding hydrogens is 308 g/mol. The molecule has 0 radical (unpaired) electrons. The number of esters is 1. The topological polar surface area (TPSA) is 65.7 Å². The van der Waals surface area contributed by atoms with E-state index < -0.39 is 11.2 Å². The first-order valence-electron chi connectivity index (χ1n) is 7.90. The summed E-state index contributed by atoms with van der Waals surface area (Å²) in [6, 6.07) is 6.83. The normalized spacial score (nSPS) is 17.5. The molecule has 0 bridgehead atoms. The summed E-state index contributed by atoms with van der Waals surface area (Å²) in [5.74, 6) is 0.298. The molecule has 1 aliphatic rings. The molecule has 0 aliphatic carbocycles. The van der Waals surface area contributed by atoms with E-state index in [-0.39, 0.29) is 12.1 Å². The van der Waals surface area contributed by atoms with Crippen molar-refractivity contribution in [1.82, 2.24) is 0 Å². The van der Waals surface area contributed by atoms with E-state index in [1.54, 1.807) is 26.0 Å². The van der Waals surface area contributed by atoms with Crippen LogP contribution >= 0.6 is 0 Å². The number of allylic oxidation sites excluding steroid dienone is 1. The second kappa shape index (κ2) is 5.82. The van der Waals surface area contributed by atoms with Crippen molar-refractivity contribution in [2.75, 3.05) is 0 Å². The molecule has 0 saturated heterocycles. The molecule has 0 amide bonds. The number of ether oxygens (including phenoxy) is 2. The van der Waals surface area contributed by atoms with Crippen LogP contribution in [-0.2, 0) is 16.0 Å². The first kappa shape index (κ1) is 16.3. The maximum atomic E-state index is 12.1. The maximum Gasteiger partial charge on any atom is 0.336 e. The largest absolute Gasteiger partial charge is 0.485 e. The number of fused-ring (bicyclic) bond motifs is 3. The van der Waals surface area contributed by atoms with Gasteiger partial charge in [-0.3, -0.25) is 0 Å². The molecule has 1 aliphatic heterocycles. The number of carbonyl (C=O) groups excluding carboxylic acids is 1. The molecule has 0 spiro atoms. The molecule has 5 nitrogen and oxygen atoms in total. The van der Waals surface area contributed by atoms with Crippen molar-refractivity contribution in [2.24, 2.45) is 0 Å². The lowest BCUT2D eigenvalue weighted by atomic mass is 9.96. The summed E-state index contributed by atoms with van der Waals surface area (Å²) in [5, 5.41) is 0.845. The number of hydrogen-bond acceptors (Lipinski definition) is 5. The average molecular weight is 328 g/mol. The van der Waals surface area contributed by atoms with Crippen LogP contribution in [0.25, 0.3) is 11.0 Å². The summed E-state index contributed by atoms with van der Waals surface area (Å²) in [4.78, 5) is 23.6. The molecule has 2 aromatic rings. The molecule has 1 aromatic carbocycles. The number of rotatable bonds is 3. The summed E-state index contributed by atoms with van der Waals surface area (Å²) in [6.07, 6.45) is 1.87. The fraction of sp³-hybridized carbons (Fsp3) is 0.368. The lowest BCUT2D eigenvalue weighted by Crippen LogP contribution is -2.43. The van der Waals surface area contributed by atoms with E-state index in [9.17, 15) is 9.59 Å². The summed E-state index contributed by atoms with van der Waals surface area (Å²) >= 11 is 0. The first-order valence-corrected chi connectivity index (χ1v) is 7.90. The van der Waals surface area contributed by atoms with Crippen LogP contribution < -0.4 is 10.4 Å². The highest BCUT2D eigenvalue weighted by molar-refractivity contribution is 5.88. The molecule has 2 heterocycles. The van der Waals surface area contributed by atoms with Crippen molar-refractivity contribution in [2.45, 2.75) is 45.8 Å². The zero-order valence-electron chi connectivity index (χ0n) is 14.2. The quantitative estimate of drug-likeness (QED) is 0.491. The molecule has 0 saturated carbocycles. The fourth-order valence-corrected chi connectivity index (χ4v) is 2.75. The van der Waals surface area contributed by atoms with E-state index in [1.165, 1.54) is 6.07 Å². The molecule has 0 fully saturated rings. The zero-order valence-corrected chi connectivity index (χ0v) is 14.2. The van der Waals surface area contributed by atoms with E-state index in [0.29, 0.717) is 23.3 Å². The van der Waals surface area contributed by atoms with Gasteiger partial charge in [0.25, 0.3) is 0 Å². The Bertz CT molecular complexity index is 888. The molecule has 24 heavy (non-hydrogen) atoms. The highest BCUT2D eigenvalue weighted by Crippen LogP contribution is 2.38. The Kier molecular flexibility index (Phi) is 3.95. The number of carbonyl (C=O) groups is 1. The second-order valence-corrected chi connectivity index (χ2v) is 6.49. The van der Waals surface area contributed by atoms with E-state index in [2.05, 4.69) is 0 Å². The molecule has 1 atom stereocenters. The van der Waals surface area contributed by atoms with Gasteiger partial charge in [0.2, 0.25) is 0 Å². The standard InChI is InChI=1S/C19H20O5/c1-5-11(2)18(21)24-19(3,4)15-10-13-14(22-15)8-6-12-7-9-16(20)23-17(12)13/h5-9,15H,10H2,1-4H3/b11-5-/t15-/m1/s1. The Labute approximate surface area is 139 Å². The summed E-state index contributed by atoms with van der Waals surface area (Å²) in [5.41, 5.74) is 0.710. The van der Waals surface area contributed by atoms with Gasteiger partial charge >= 0.3 is 11.6 Å². The predicted molar refractivity (Wildman–Crippen MR) is 90.2 cm³/mol. The van der Waals surface area contributed by atoms with Gasteiger partial charge in [0.15, 0.2) is 0 Å². The zero-order chi connectivity index (χ0) is 17.5. The van der Waals surface area contributed by atoms with Crippen LogP contribution in [0.15, 0.2) is 45.1 Å². The Morgan fingerprint density at radius 2 is 2.00 bits per heavy atom. The van der Waals surface area contributed by atoms with Gasteiger partial charge in [-0.25, -0.2) is 9.59 Å². The number of hydrogen-bond donors (Lipinski definition) is 0. The maximum absolute atomic E-state index is 12.1. The van der Waals surface area contributed by atoms with Gasteiger partial charge < -0.3 is 13.9 Å².